The summed E-state index contributed by atoms with van der Waals surface area (Å²) >= 11 is 0. The van der Waals surface area contributed by atoms with Crippen molar-refractivity contribution < 1.29 is 14.3 Å². The molecule has 4 heterocycles. The van der Waals surface area contributed by atoms with Gasteiger partial charge in [-0.25, -0.2) is 4.99 Å². The van der Waals surface area contributed by atoms with E-state index in [1.165, 1.54) is 5.57 Å². The minimum atomic E-state index is -0.0945. The molecule has 30 heavy (non-hydrogen) atoms. The van der Waals surface area contributed by atoms with Gasteiger partial charge in [0.1, 0.15) is 12.0 Å². The molecule has 2 bridgehead atoms. The third-order valence-electron chi connectivity index (χ3n) is 8.33. The number of allylic oxidation sites excluding steroid dienone is 2. The fourth-order valence-electron chi connectivity index (χ4n) is 6.51. The molecule has 0 radical (unpaired) electrons. The van der Waals surface area contributed by atoms with E-state index in [9.17, 15) is 4.79 Å². The van der Waals surface area contributed by atoms with E-state index in [0.717, 1.165) is 82.8 Å². The summed E-state index contributed by atoms with van der Waals surface area (Å²) in [6, 6.07) is 0. The standard InChI is InChI=1S/C23H32N4O3/c1-29-23-12-22(13-23,14-23)21(28)27-8-3-15(4-9-27)17-2-7-24-20-18(17)25-19(26-20)16-5-10-30-11-6-16/h2,7,15-16,20,24H,3-6,8-14H2,1H3,(H,25,26). The highest BCUT2D eigenvalue weighted by Crippen LogP contribution is 2.69. The summed E-state index contributed by atoms with van der Waals surface area (Å²) < 4.78 is 11.1. The van der Waals surface area contributed by atoms with Gasteiger partial charge in [0.2, 0.25) is 5.91 Å². The predicted molar refractivity (Wildman–Crippen MR) is 113 cm³/mol. The lowest BCUT2D eigenvalue weighted by molar-refractivity contribution is -0.268. The molecule has 7 heteroatoms. The van der Waals surface area contributed by atoms with Crippen molar-refractivity contribution in [3.8, 4) is 0 Å². The molecule has 0 spiro atoms. The molecule has 2 saturated heterocycles. The number of hydrogen-bond donors (Lipinski definition) is 2. The second kappa shape index (κ2) is 6.82. The van der Waals surface area contributed by atoms with Crippen LogP contribution in [0, 0.1) is 17.3 Å². The van der Waals surface area contributed by atoms with Gasteiger partial charge < -0.3 is 25.0 Å². The maximum Gasteiger partial charge on any atom is 0.229 e. The van der Waals surface area contributed by atoms with Crippen LogP contribution in [-0.2, 0) is 14.3 Å². The lowest BCUT2D eigenvalue weighted by Gasteiger charge is -2.68. The van der Waals surface area contributed by atoms with Crippen LogP contribution in [-0.4, -0.2) is 61.8 Å². The first-order valence-corrected chi connectivity index (χ1v) is 11.6. The average Bonchev–Trinajstić information content (AvgIpc) is 3.17. The molecular weight excluding hydrogens is 380 g/mol. The molecule has 2 N–H and O–H groups in total. The Hall–Kier alpha value is -1.86. The zero-order chi connectivity index (χ0) is 20.3. The summed E-state index contributed by atoms with van der Waals surface area (Å²) in [5.41, 5.74) is 2.45. The van der Waals surface area contributed by atoms with Gasteiger partial charge in [-0.2, -0.15) is 0 Å². The number of nitrogens with one attached hydrogen (secondary N) is 2. The first-order valence-electron chi connectivity index (χ1n) is 11.6. The highest BCUT2D eigenvalue weighted by Gasteiger charge is 2.73. The van der Waals surface area contributed by atoms with Crippen LogP contribution in [0.1, 0.15) is 44.9 Å². The van der Waals surface area contributed by atoms with Crippen molar-refractivity contribution in [2.24, 2.45) is 22.2 Å². The first-order chi connectivity index (χ1) is 14.6. The zero-order valence-corrected chi connectivity index (χ0v) is 17.8. The minimum Gasteiger partial charge on any atom is -0.381 e. The van der Waals surface area contributed by atoms with Gasteiger partial charge in [0.15, 0.2) is 0 Å². The highest BCUT2D eigenvalue weighted by molar-refractivity contribution is 5.89. The van der Waals surface area contributed by atoms with Crippen molar-refractivity contribution in [1.82, 2.24) is 15.5 Å². The van der Waals surface area contributed by atoms with Gasteiger partial charge in [-0.1, -0.05) is 0 Å². The molecule has 162 valence electrons. The number of nitrogens with zero attached hydrogens (tertiary/aromatic N) is 2. The molecule has 1 amide bonds. The third-order valence-corrected chi connectivity index (χ3v) is 8.33. The Morgan fingerprint density at radius 1 is 1.17 bits per heavy atom. The molecule has 0 aromatic heterocycles. The van der Waals surface area contributed by atoms with Gasteiger partial charge in [-0.15, -0.1) is 0 Å². The van der Waals surface area contributed by atoms with Gasteiger partial charge in [-0.05, 0) is 68.7 Å². The highest BCUT2D eigenvalue weighted by atomic mass is 16.5. The van der Waals surface area contributed by atoms with Crippen molar-refractivity contribution in [3.05, 3.63) is 23.5 Å². The normalized spacial score (nSPS) is 38.2. The maximum absolute atomic E-state index is 13.1. The van der Waals surface area contributed by atoms with Crippen LogP contribution >= 0.6 is 0 Å². The summed E-state index contributed by atoms with van der Waals surface area (Å²) in [7, 11) is 1.78. The van der Waals surface area contributed by atoms with Gasteiger partial charge in [0.25, 0.3) is 0 Å². The van der Waals surface area contributed by atoms with Crippen molar-refractivity contribution in [2.75, 3.05) is 33.4 Å². The fourth-order valence-corrected chi connectivity index (χ4v) is 6.51. The molecule has 7 rings (SSSR count). The summed E-state index contributed by atoms with van der Waals surface area (Å²) in [5.74, 6) is 2.44. The summed E-state index contributed by atoms with van der Waals surface area (Å²) in [6.45, 7) is 3.37. The number of amidine groups is 1. The number of piperidine rings is 1. The Balaban J connectivity index is 1.13. The lowest BCUT2D eigenvalue weighted by Crippen LogP contribution is -2.73. The van der Waals surface area contributed by atoms with Crippen LogP contribution in [0.5, 0.6) is 0 Å². The number of methoxy groups -OCH3 is 1. The van der Waals surface area contributed by atoms with E-state index in [0.29, 0.717) is 17.7 Å². The number of carbonyl (C=O) groups is 1. The topological polar surface area (TPSA) is 75.2 Å². The number of hydrogen-bond acceptors (Lipinski definition) is 6. The first kappa shape index (κ1) is 18.9. The fraction of sp³-hybridized carbons (Fsp3) is 0.739. The van der Waals surface area contributed by atoms with Gasteiger partial charge >= 0.3 is 0 Å². The van der Waals surface area contributed by atoms with Gasteiger partial charge in [-0.3, -0.25) is 4.79 Å². The van der Waals surface area contributed by atoms with E-state index >= 15 is 0 Å². The van der Waals surface area contributed by atoms with Crippen molar-refractivity contribution in [2.45, 2.75) is 56.7 Å². The van der Waals surface area contributed by atoms with Crippen LogP contribution in [0.15, 0.2) is 28.5 Å². The lowest BCUT2D eigenvalue weighted by atomic mass is 9.40. The molecule has 7 aliphatic rings. The second-order valence-corrected chi connectivity index (χ2v) is 10.1. The second-order valence-electron chi connectivity index (χ2n) is 10.1. The number of fused-ring (bicyclic) bond motifs is 1. The molecule has 0 aromatic rings. The Bertz CT molecular complexity index is 814. The molecule has 5 fully saturated rings. The average molecular weight is 413 g/mol. The van der Waals surface area contributed by atoms with Crippen LogP contribution in [0.2, 0.25) is 0 Å². The van der Waals surface area contributed by atoms with Crippen molar-refractivity contribution in [3.63, 3.8) is 0 Å². The summed E-state index contributed by atoms with van der Waals surface area (Å²) in [6.07, 6.45) is 11.3. The molecule has 1 atom stereocenters. The Morgan fingerprint density at radius 3 is 2.60 bits per heavy atom. The van der Waals surface area contributed by atoms with Crippen molar-refractivity contribution in [1.29, 1.82) is 0 Å². The Kier molecular flexibility index (Phi) is 4.29. The van der Waals surface area contributed by atoms with E-state index in [1.807, 2.05) is 0 Å². The van der Waals surface area contributed by atoms with Gasteiger partial charge in [0, 0.05) is 39.3 Å². The maximum atomic E-state index is 13.1. The number of carbonyl (C=O) groups excluding carboxylic acids is 1. The van der Waals surface area contributed by atoms with Crippen molar-refractivity contribution >= 4 is 11.7 Å². The van der Waals surface area contributed by atoms with E-state index in [2.05, 4.69) is 27.8 Å². The third kappa shape index (κ3) is 2.78. The monoisotopic (exact) mass is 412 g/mol. The molecular formula is C23H32N4O3. The van der Waals surface area contributed by atoms with Crippen LogP contribution < -0.4 is 10.6 Å². The van der Waals surface area contributed by atoms with E-state index in [4.69, 9.17) is 14.5 Å². The predicted octanol–water partition coefficient (Wildman–Crippen LogP) is 1.92. The van der Waals surface area contributed by atoms with E-state index < -0.39 is 0 Å². The van der Waals surface area contributed by atoms with Gasteiger partial charge in [0.05, 0.1) is 16.7 Å². The largest absolute Gasteiger partial charge is 0.381 e. The van der Waals surface area contributed by atoms with Crippen LogP contribution in [0.3, 0.4) is 0 Å². The molecule has 0 aromatic carbocycles. The summed E-state index contributed by atoms with van der Waals surface area (Å²) in [4.78, 5) is 20.2. The number of dihydropyridines is 1. The molecule has 7 nitrogen and oxygen atoms in total. The Morgan fingerprint density at radius 2 is 1.90 bits per heavy atom. The number of ether oxygens (including phenoxy) is 2. The van der Waals surface area contributed by atoms with Crippen LogP contribution in [0.4, 0.5) is 0 Å². The number of rotatable bonds is 4. The SMILES string of the molecule is COC12CC(C(=O)N3CCC(C4=C5N=C(C6CCOCC6)NC5NC=C4)CC3)(C1)C2. The zero-order valence-electron chi connectivity index (χ0n) is 17.8. The molecule has 4 aliphatic heterocycles. The minimum absolute atomic E-state index is 0.0328. The smallest absolute Gasteiger partial charge is 0.229 e. The quantitative estimate of drug-likeness (QED) is 0.738. The number of aliphatic imine (C=N–C) groups is 1. The number of likely N-dealkylation sites (tertiary alicyclic amines) is 1. The van der Waals surface area contributed by atoms with Crippen LogP contribution in [0.25, 0.3) is 0 Å². The molecule has 1 unspecified atom stereocenters. The van der Waals surface area contributed by atoms with E-state index in [-0.39, 0.29) is 17.2 Å². The summed E-state index contributed by atoms with van der Waals surface area (Å²) in [5, 5.41) is 7.03. The number of amides is 1. The molecule has 3 saturated carbocycles. The molecule has 3 aliphatic carbocycles. The van der Waals surface area contributed by atoms with E-state index in [1.54, 1.807) is 7.11 Å². The Labute approximate surface area is 177 Å².